The number of carbonyl (C=O) groups is 1. The Hall–Kier alpha value is -3.23. The maximum absolute atomic E-state index is 12.8. The molecule has 1 fully saturated rings. The quantitative estimate of drug-likeness (QED) is 0.687. The summed E-state index contributed by atoms with van der Waals surface area (Å²) in [6.45, 7) is 2.37. The molecule has 0 unspecified atom stereocenters. The van der Waals surface area contributed by atoms with Gasteiger partial charge >= 0.3 is 5.69 Å². The highest BCUT2D eigenvalue weighted by Crippen LogP contribution is 2.30. The van der Waals surface area contributed by atoms with Crippen LogP contribution in [0.25, 0.3) is 11.0 Å². The molecule has 1 aliphatic carbocycles. The normalized spacial score (nSPS) is 14.9. The third-order valence-corrected chi connectivity index (χ3v) is 5.37. The molecule has 152 valence electrons. The van der Waals surface area contributed by atoms with E-state index in [4.69, 9.17) is 0 Å². The topological polar surface area (TPSA) is 115 Å². The van der Waals surface area contributed by atoms with Gasteiger partial charge < -0.3 is 5.32 Å². The summed E-state index contributed by atoms with van der Waals surface area (Å²) in [5.74, 6) is 0.261. The first kappa shape index (κ1) is 19.1. The summed E-state index contributed by atoms with van der Waals surface area (Å²) in [6, 6.07) is 3.53. The highest BCUT2D eigenvalue weighted by atomic mass is 16.2. The van der Waals surface area contributed by atoms with E-state index in [0.29, 0.717) is 12.4 Å². The maximum atomic E-state index is 12.8. The van der Waals surface area contributed by atoms with Crippen LogP contribution < -0.4 is 16.6 Å². The first-order chi connectivity index (χ1) is 14.1. The van der Waals surface area contributed by atoms with Crippen molar-refractivity contribution in [3.05, 3.63) is 50.9 Å². The molecule has 9 heteroatoms. The van der Waals surface area contributed by atoms with Crippen molar-refractivity contribution in [1.29, 1.82) is 0 Å². The van der Waals surface area contributed by atoms with Gasteiger partial charge in [0.1, 0.15) is 11.5 Å². The molecule has 0 spiro atoms. The number of amides is 1. The van der Waals surface area contributed by atoms with Crippen LogP contribution in [-0.4, -0.2) is 30.2 Å². The first-order valence-electron chi connectivity index (χ1n) is 10.1. The number of H-pyrrole nitrogens is 1. The second-order valence-electron chi connectivity index (χ2n) is 7.41. The Bertz CT molecular complexity index is 1150. The van der Waals surface area contributed by atoms with Gasteiger partial charge in [0, 0.05) is 18.8 Å². The van der Waals surface area contributed by atoms with Gasteiger partial charge in [0.25, 0.3) is 11.5 Å². The zero-order valence-corrected chi connectivity index (χ0v) is 16.4. The molecule has 0 aromatic carbocycles. The fraction of sp³-hybridized carbons (Fsp3) is 0.450. The lowest BCUT2D eigenvalue weighted by Gasteiger charge is -2.23. The van der Waals surface area contributed by atoms with E-state index in [-0.39, 0.29) is 28.5 Å². The molecule has 2 N–H and O–H groups in total. The third-order valence-electron chi connectivity index (χ3n) is 5.37. The summed E-state index contributed by atoms with van der Waals surface area (Å²) in [5.41, 5.74) is -0.511. The highest BCUT2D eigenvalue weighted by molar-refractivity contribution is 6.05. The van der Waals surface area contributed by atoms with Gasteiger partial charge in [-0.25, -0.2) is 14.5 Å². The van der Waals surface area contributed by atoms with Crippen LogP contribution in [0.3, 0.4) is 0 Å². The van der Waals surface area contributed by atoms with Gasteiger partial charge in [-0.05, 0) is 25.3 Å². The number of hydrogen-bond donors (Lipinski definition) is 2. The number of pyridine rings is 1. The molecule has 0 aliphatic heterocycles. The third kappa shape index (κ3) is 3.72. The number of hydrogen-bond acceptors (Lipinski definition) is 5. The second kappa shape index (κ2) is 8.02. The monoisotopic (exact) mass is 396 g/mol. The molecule has 29 heavy (non-hydrogen) atoms. The minimum Gasteiger partial charge on any atom is -0.307 e. The number of anilines is 1. The number of aromatic amines is 1. The number of fused-ring (bicyclic) bond motifs is 1. The van der Waals surface area contributed by atoms with Crippen LogP contribution in [0.5, 0.6) is 0 Å². The largest absolute Gasteiger partial charge is 0.329 e. The summed E-state index contributed by atoms with van der Waals surface area (Å²) in [4.78, 5) is 43.6. The molecule has 3 aromatic heterocycles. The molecule has 1 aliphatic rings. The van der Waals surface area contributed by atoms with Crippen LogP contribution in [0.2, 0.25) is 0 Å². The van der Waals surface area contributed by atoms with Crippen LogP contribution in [0.15, 0.2) is 34.1 Å². The van der Waals surface area contributed by atoms with Gasteiger partial charge in [0.15, 0.2) is 0 Å². The Morgan fingerprint density at radius 1 is 1.28 bits per heavy atom. The molecular formula is C20H24N6O3. The van der Waals surface area contributed by atoms with Gasteiger partial charge in [-0.3, -0.25) is 19.1 Å². The number of aromatic nitrogens is 5. The molecule has 4 rings (SSSR count). The first-order valence-corrected chi connectivity index (χ1v) is 10.1. The zero-order valence-electron chi connectivity index (χ0n) is 16.4. The van der Waals surface area contributed by atoms with Crippen LogP contribution in [-0.2, 0) is 6.54 Å². The van der Waals surface area contributed by atoms with Crippen LogP contribution in [0.4, 0.5) is 5.82 Å². The minimum atomic E-state index is -0.549. The SMILES string of the molecule is CCCn1c(=O)[nH]c(=O)c2cc(C(=O)Nc3ccnn3C3CCCCC3)cnc21. The van der Waals surface area contributed by atoms with E-state index in [1.165, 1.54) is 23.3 Å². The van der Waals surface area contributed by atoms with Crippen LogP contribution >= 0.6 is 0 Å². The molecular weight excluding hydrogens is 372 g/mol. The summed E-state index contributed by atoms with van der Waals surface area (Å²) in [7, 11) is 0. The average molecular weight is 396 g/mol. The number of aryl methyl sites for hydroxylation is 1. The van der Waals surface area contributed by atoms with Gasteiger partial charge in [-0.2, -0.15) is 5.10 Å². The van der Waals surface area contributed by atoms with Crippen molar-refractivity contribution in [2.45, 2.75) is 58.0 Å². The number of nitrogens with zero attached hydrogens (tertiary/aromatic N) is 4. The van der Waals surface area contributed by atoms with E-state index in [0.717, 1.165) is 32.1 Å². The predicted molar refractivity (Wildman–Crippen MR) is 109 cm³/mol. The Morgan fingerprint density at radius 3 is 2.83 bits per heavy atom. The Kier molecular flexibility index (Phi) is 5.28. The minimum absolute atomic E-state index is 0.214. The predicted octanol–water partition coefficient (Wildman–Crippen LogP) is 2.45. The molecule has 9 nitrogen and oxygen atoms in total. The highest BCUT2D eigenvalue weighted by Gasteiger charge is 2.20. The van der Waals surface area contributed by atoms with Crippen molar-refractivity contribution in [3.8, 4) is 0 Å². The van der Waals surface area contributed by atoms with Crippen molar-refractivity contribution in [2.24, 2.45) is 0 Å². The Labute approximate surface area is 166 Å². The molecule has 0 atom stereocenters. The summed E-state index contributed by atoms with van der Waals surface area (Å²) in [6.07, 6.45) is 9.44. The zero-order chi connectivity index (χ0) is 20.4. The number of rotatable bonds is 5. The lowest BCUT2D eigenvalue weighted by Crippen LogP contribution is -2.31. The van der Waals surface area contributed by atoms with E-state index in [2.05, 4.69) is 20.4 Å². The van der Waals surface area contributed by atoms with E-state index >= 15 is 0 Å². The van der Waals surface area contributed by atoms with Gasteiger partial charge in [0.05, 0.1) is 23.2 Å². The summed E-state index contributed by atoms with van der Waals surface area (Å²) >= 11 is 0. The smallest absolute Gasteiger partial charge is 0.307 e. The molecule has 1 saturated carbocycles. The molecule has 3 heterocycles. The van der Waals surface area contributed by atoms with E-state index in [1.54, 1.807) is 12.3 Å². The van der Waals surface area contributed by atoms with Crippen molar-refractivity contribution in [1.82, 2.24) is 24.3 Å². The van der Waals surface area contributed by atoms with Crippen molar-refractivity contribution in [3.63, 3.8) is 0 Å². The lowest BCUT2D eigenvalue weighted by atomic mass is 9.96. The van der Waals surface area contributed by atoms with Crippen molar-refractivity contribution < 1.29 is 4.79 Å². The standard InChI is InChI=1S/C20H24N6O3/c1-2-10-25-17-15(19(28)24-20(25)29)11-13(12-21-17)18(27)23-16-8-9-22-26(16)14-6-4-3-5-7-14/h8-9,11-12,14H,2-7,10H2,1H3,(H,23,27)(H,24,28,29). The number of nitrogens with one attached hydrogen (secondary N) is 2. The lowest BCUT2D eigenvalue weighted by molar-refractivity contribution is 0.102. The van der Waals surface area contributed by atoms with Gasteiger partial charge in [0.2, 0.25) is 0 Å². The Morgan fingerprint density at radius 2 is 2.07 bits per heavy atom. The van der Waals surface area contributed by atoms with E-state index in [9.17, 15) is 14.4 Å². The molecule has 0 saturated heterocycles. The summed E-state index contributed by atoms with van der Waals surface area (Å²) < 4.78 is 3.29. The van der Waals surface area contributed by atoms with Crippen molar-refractivity contribution >= 4 is 22.8 Å². The van der Waals surface area contributed by atoms with Crippen LogP contribution in [0.1, 0.15) is 61.8 Å². The summed E-state index contributed by atoms with van der Waals surface area (Å²) in [5, 5.41) is 7.48. The van der Waals surface area contributed by atoms with Gasteiger partial charge in [-0.15, -0.1) is 0 Å². The van der Waals surface area contributed by atoms with Gasteiger partial charge in [-0.1, -0.05) is 26.2 Å². The fourth-order valence-corrected chi connectivity index (χ4v) is 3.94. The van der Waals surface area contributed by atoms with E-state index in [1.807, 2.05) is 11.6 Å². The van der Waals surface area contributed by atoms with Crippen molar-refractivity contribution in [2.75, 3.05) is 5.32 Å². The van der Waals surface area contributed by atoms with E-state index < -0.39 is 11.2 Å². The maximum Gasteiger partial charge on any atom is 0.329 e. The second-order valence-corrected chi connectivity index (χ2v) is 7.41. The number of carbonyl (C=O) groups excluding carboxylic acids is 1. The molecule has 3 aromatic rings. The van der Waals surface area contributed by atoms with Crippen LogP contribution in [0, 0.1) is 0 Å². The fourth-order valence-electron chi connectivity index (χ4n) is 3.94. The molecule has 1 amide bonds. The molecule has 0 radical (unpaired) electrons. The average Bonchev–Trinajstić information content (AvgIpc) is 3.19. The molecule has 0 bridgehead atoms. The Balaban J connectivity index is 1.64.